The second-order valence-corrected chi connectivity index (χ2v) is 9.30. The fourth-order valence-corrected chi connectivity index (χ4v) is 5.07. The standard InChI is InChI=1S/C26H24F4N8/c1-2-32-20-8-15(27)7-18-17(20)9-21-23(18)24(38-6-4-22(37-38)26(28,29)30)19(13-33-21)14-10-34-25(35-11-14)36-16-3-5-31-12-16/h4,6-8,10-11,13,16,31-32H,2-3,5,9,12H2,1H3,(H,34,35,36). The molecule has 0 amide bonds. The van der Waals surface area contributed by atoms with Crippen molar-refractivity contribution in [3.63, 3.8) is 0 Å². The highest BCUT2D eigenvalue weighted by Crippen LogP contribution is 2.46. The average Bonchev–Trinajstić information content (AvgIpc) is 3.64. The number of halogens is 4. The number of fused-ring (bicyclic) bond motifs is 3. The molecule has 38 heavy (non-hydrogen) atoms. The van der Waals surface area contributed by atoms with Gasteiger partial charge >= 0.3 is 6.18 Å². The minimum absolute atomic E-state index is 0.222. The van der Waals surface area contributed by atoms with Crippen LogP contribution in [0.5, 0.6) is 0 Å². The zero-order valence-corrected chi connectivity index (χ0v) is 20.4. The number of anilines is 2. The van der Waals surface area contributed by atoms with Gasteiger partial charge in [0.15, 0.2) is 5.69 Å². The maximum absolute atomic E-state index is 14.7. The van der Waals surface area contributed by atoms with Gasteiger partial charge in [-0.3, -0.25) is 4.98 Å². The van der Waals surface area contributed by atoms with E-state index in [0.29, 0.717) is 58.2 Å². The van der Waals surface area contributed by atoms with Gasteiger partial charge in [-0.2, -0.15) is 18.3 Å². The number of alkyl halides is 3. The fourth-order valence-electron chi connectivity index (χ4n) is 5.07. The first-order valence-corrected chi connectivity index (χ1v) is 12.3. The van der Waals surface area contributed by atoms with Crippen LogP contribution in [0, 0.1) is 5.82 Å². The summed E-state index contributed by atoms with van der Waals surface area (Å²) in [6.45, 7) is 4.22. The minimum atomic E-state index is -4.62. The van der Waals surface area contributed by atoms with Crippen LogP contribution < -0.4 is 16.0 Å². The maximum Gasteiger partial charge on any atom is 0.435 e. The van der Waals surface area contributed by atoms with E-state index in [4.69, 9.17) is 0 Å². The van der Waals surface area contributed by atoms with Crippen LogP contribution in [0.4, 0.5) is 29.2 Å². The summed E-state index contributed by atoms with van der Waals surface area (Å²) < 4.78 is 56.3. The summed E-state index contributed by atoms with van der Waals surface area (Å²) in [4.78, 5) is 13.5. The molecule has 1 fully saturated rings. The van der Waals surface area contributed by atoms with E-state index in [1.807, 2.05) is 6.92 Å². The van der Waals surface area contributed by atoms with Crippen molar-refractivity contribution in [1.82, 2.24) is 30.0 Å². The van der Waals surface area contributed by atoms with E-state index in [-0.39, 0.29) is 6.04 Å². The number of rotatable bonds is 6. The first-order chi connectivity index (χ1) is 18.3. The summed E-state index contributed by atoms with van der Waals surface area (Å²) in [6, 6.07) is 3.95. The SMILES string of the molecule is CCNc1cc(F)cc2c1Cc1ncc(-c3cnc(NC4CCNC4)nc3)c(-n3ccc(C(F)(F)F)n3)c1-2. The molecule has 1 aliphatic carbocycles. The molecule has 196 valence electrons. The molecule has 0 radical (unpaired) electrons. The van der Waals surface area contributed by atoms with Gasteiger partial charge in [0.05, 0.1) is 11.4 Å². The molecule has 1 unspecified atom stereocenters. The second-order valence-electron chi connectivity index (χ2n) is 9.30. The molecule has 3 N–H and O–H groups in total. The highest BCUT2D eigenvalue weighted by Gasteiger charge is 2.35. The van der Waals surface area contributed by atoms with Crippen molar-refractivity contribution in [1.29, 1.82) is 0 Å². The lowest BCUT2D eigenvalue weighted by molar-refractivity contribution is -0.141. The van der Waals surface area contributed by atoms with Gasteiger partial charge in [-0.1, -0.05) is 0 Å². The minimum Gasteiger partial charge on any atom is -0.385 e. The Labute approximate surface area is 215 Å². The Morgan fingerprint density at radius 1 is 1.11 bits per heavy atom. The molecule has 1 atom stereocenters. The molecular formula is C26H24F4N8. The van der Waals surface area contributed by atoms with Crippen molar-refractivity contribution >= 4 is 11.6 Å². The summed E-state index contributed by atoms with van der Waals surface area (Å²) >= 11 is 0. The largest absolute Gasteiger partial charge is 0.435 e. The van der Waals surface area contributed by atoms with E-state index < -0.39 is 17.7 Å². The van der Waals surface area contributed by atoms with Gasteiger partial charge in [0.2, 0.25) is 5.95 Å². The van der Waals surface area contributed by atoms with Crippen molar-refractivity contribution in [2.24, 2.45) is 0 Å². The third kappa shape index (κ3) is 4.34. The Bertz CT molecular complexity index is 1490. The predicted octanol–water partition coefficient (Wildman–Crippen LogP) is 4.66. The van der Waals surface area contributed by atoms with Gasteiger partial charge in [0.25, 0.3) is 0 Å². The van der Waals surface area contributed by atoms with Gasteiger partial charge in [-0.05, 0) is 49.2 Å². The van der Waals surface area contributed by atoms with Crippen LogP contribution >= 0.6 is 0 Å². The van der Waals surface area contributed by atoms with Crippen molar-refractivity contribution in [2.75, 3.05) is 30.3 Å². The lowest BCUT2D eigenvalue weighted by Crippen LogP contribution is -2.23. The molecule has 2 aliphatic rings. The molecule has 4 aromatic rings. The van der Waals surface area contributed by atoms with Crippen LogP contribution in [0.15, 0.2) is 43.0 Å². The van der Waals surface area contributed by atoms with E-state index in [1.54, 1.807) is 18.6 Å². The molecule has 0 saturated carbocycles. The average molecular weight is 525 g/mol. The van der Waals surface area contributed by atoms with Crippen LogP contribution in [-0.4, -0.2) is 50.4 Å². The molecule has 1 aromatic carbocycles. The third-order valence-electron chi connectivity index (χ3n) is 6.79. The molecule has 6 rings (SSSR count). The van der Waals surface area contributed by atoms with E-state index in [1.165, 1.54) is 23.0 Å². The fraction of sp³-hybridized carbons (Fsp3) is 0.308. The number of nitrogens with one attached hydrogen (secondary N) is 3. The Kier molecular flexibility index (Phi) is 5.98. The van der Waals surface area contributed by atoms with E-state index in [9.17, 15) is 17.6 Å². The summed E-state index contributed by atoms with van der Waals surface area (Å²) in [5.74, 6) is -0.000207. The zero-order chi connectivity index (χ0) is 26.4. The maximum atomic E-state index is 14.7. The van der Waals surface area contributed by atoms with Gasteiger partial charge in [0, 0.05) is 72.7 Å². The molecule has 1 aliphatic heterocycles. The van der Waals surface area contributed by atoms with Crippen LogP contribution in [0.1, 0.15) is 30.3 Å². The second kappa shape index (κ2) is 9.35. The highest BCUT2D eigenvalue weighted by molar-refractivity contribution is 5.91. The van der Waals surface area contributed by atoms with Gasteiger partial charge in [-0.15, -0.1) is 0 Å². The van der Waals surface area contributed by atoms with E-state index in [2.05, 4.69) is 36.0 Å². The van der Waals surface area contributed by atoms with Crippen molar-refractivity contribution in [3.8, 4) is 27.9 Å². The van der Waals surface area contributed by atoms with E-state index >= 15 is 0 Å². The summed E-state index contributed by atoms with van der Waals surface area (Å²) in [6.07, 6.45) is 2.79. The van der Waals surface area contributed by atoms with Crippen molar-refractivity contribution in [2.45, 2.75) is 32.0 Å². The smallest absolute Gasteiger partial charge is 0.385 e. The quantitative estimate of drug-likeness (QED) is 0.278. The highest BCUT2D eigenvalue weighted by atomic mass is 19.4. The Balaban J connectivity index is 1.51. The lowest BCUT2D eigenvalue weighted by Gasteiger charge is -2.16. The van der Waals surface area contributed by atoms with Gasteiger partial charge in [0.1, 0.15) is 5.82 Å². The Morgan fingerprint density at radius 2 is 1.92 bits per heavy atom. The van der Waals surface area contributed by atoms with Gasteiger partial charge in [-0.25, -0.2) is 19.0 Å². The summed E-state index contributed by atoms with van der Waals surface area (Å²) in [5.41, 5.74) is 3.55. The lowest BCUT2D eigenvalue weighted by atomic mass is 9.99. The molecular weight excluding hydrogens is 500 g/mol. The number of nitrogens with zero attached hydrogens (tertiary/aromatic N) is 5. The summed E-state index contributed by atoms with van der Waals surface area (Å²) in [7, 11) is 0. The number of aromatic nitrogens is 5. The van der Waals surface area contributed by atoms with Crippen LogP contribution in [-0.2, 0) is 12.6 Å². The number of benzene rings is 1. The van der Waals surface area contributed by atoms with Crippen LogP contribution in [0.2, 0.25) is 0 Å². The molecule has 4 heterocycles. The summed E-state index contributed by atoms with van der Waals surface area (Å²) in [5, 5.41) is 13.6. The number of pyridine rings is 1. The van der Waals surface area contributed by atoms with Crippen molar-refractivity contribution < 1.29 is 17.6 Å². The molecule has 8 nitrogen and oxygen atoms in total. The molecule has 3 aromatic heterocycles. The van der Waals surface area contributed by atoms with Crippen LogP contribution in [0.3, 0.4) is 0 Å². The van der Waals surface area contributed by atoms with Crippen molar-refractivity contribution in [3.05, 3.63) is 65.8 Å². The predicted molar refractivity (Wildman–Crippen MR) is 135 cm³/mol. The topological polar surface area (TPSA) is 92.6 Å². The Hall–Kier alpha value is -4.06. The van der Waals surface area contributed by atoms with E-state index in [0.717, 1.165) is 31.1 Å². The monoisotopic (exact) mass is 524 g/mol. The molecule has 0 spiro atoms. The molecule has 12 heteroatoms. The molecule has 0 bridgehead atoms. The number of hydrogen-bond donors (Lipinski definition) is 3. The Morgan fingerprint density at radius 3 is 2.61 bits per heavy atom. The van der Waals surface area contributed by atoms with Crippen LogP contribution in [0.25, 0.3) is 27.9 Å². The zero-order valence-electron chi connectivity index (χ0n) is 20.4. The first-order valence-electron chi connectivity index (χ1n) is 12.3. The van der Waals surface area contributed by atoms with Gasteiger partial charge < -0.3 is 16.0 Å². The normalized spacial score (nSPS) is 16.4. The third-order valence-corrected chi connectivity index (χ3v) is 6.79. The first kappa shape index (κ1) is 24.3. The number of hydrogen-bond acceptors (Lipinski definition) is 7. The molecule has 1 saturated heterocycles.